The zero-order chi connectivity index (χ0) is 20.2. The van der Waals surface area contributed by atoms with Crippen molar-refractivity contribution in [3.63, 3.8) is 0 Å². The van der Waals surface area contributed by atoms with E-state index in [4.69, 9.17) is 14.5 Å². The lowest BCUT2D eigenvalue weighted by Crippen LogP contribution is -2.58. The van der Waals surface area contributed by atoms with Crippen molar-refractivity contribution in [2.75, 3.05) is 0 Å². The van der Waals surface area contributed by atoms with Crippen LogP contribution in [0.4, 0.5) is 0 Å². The Hall–Kier alpha value is -0.240. The summed E-state index contributed by atoms with van der Waals surface area (Å²) in [5, 5.41) is 0. The molecule has 4 unspecified atom stereocenters. The number of rotatable bonds is 16. The molecule has 0 aliphatic heterocycles. The van der Waals surface area contributed by atoms with Gasteiger partial charge in [-0.05, 0) is 52.9 Å². The van der Waals surface area contributed by atoms with Gasteiger partial charge in [0.05, 0.1) is 23.9 Å². The van der Waals surface area contributed by atoms with Gasteiger partial charge in [-0.1, -0.05) is 47.5 Å². The minimum absolute atomic E-state index is 0.00207. The fourth-order valence-corrected chi connectivity index (χ4v) is 1.94. The summed E-state index contributed by atoms with van der Waals surface area (Å²) in [5.74, 6) is 0.444. The summed E-state index contributed by atoms with van der Waals surface area (Å²) in [6.45, 7) is 19.0. The maximum Gasteiger partial charge on any atom is 0.122 e. The molecule has 6 heteroatoms. The van der Waals surface area contributed by atoms with Gasteiger partial charge < -0.3 is 0 Å². The molecule has 0 aromatic rings. The zero-order valence-corrected chi connectivity index (χ0v) is 18.6. The predicted octanol–water partition coefficient (Wildman–Crippen LogP) is 4.47. The number of hydroxylamine groups is 3. The van der Waals surface area contributed by atoms with Gasteiger partial charge in [-0.3, -0.25) is 14.5 Å². The van der Waals surface area contributed by atoms with E-state index in [1.165, 1.54) is 6.42 Å². The van der Waals surface area contributed by atoms with Crippen molar-refractivity contribution >= 4 is 0 Å². The molecule has 158 valence electrons. The Morgan fingerprint density at radius 3 is 2.04 bits per heavy atom. The van der Waals surface area contributed by atoms with Crippen LogP contribution in [-0.2, 0) is 14.5 Å². The van der Waals surface area contributed by atoms with Crippen molar-refractivity contribution in [3.05, 3.63) is 0 Å². The molecule has 0 aromatic heterocycles. The Morgan fingerprint density at radius 2 is 1.54 bits per heavy atom. The second-order valence-corrected chi connectivity index (χ2v) is 8.20. The van der Waals surface area contributed by atoms with Gasteiger partial charge in [-0.2, -0.15) is 16.4 Å². The van der Waals surface area contributed by atoms with Gasteiger partial charge in [0.15, 0.2) is 0 Å². The molecule has 0 heterocycles. The van der Waals surface area contributed by atoms with E-state index in [-0.39, 0.29) is 30.0 Å². The quantitative estimate of drug-likeness (QED) is 0.273. The second kappa shape index (κ2) is 13.9. The molecular weight excluding hydrogens is 330 g/mol. The van der Waals surface area contributed by atoms with Gasteiger partial charge >= 0.3 is 0 Å². The van der Waals surface area contributed by atoms with Gasteiger partial charge in [0.1, 0.15) is 6.17 Å². The van der Waals surface area contributed by atoms with Crippen LogP contribution < -0.4 is 16.4 Å². The Bertz CT molecular complexity index is 340. The highest BCUT2D eigenvalue weighted by molar-refractivity contribution is 4.74. The van der Waals surface area contributed by atoms with Crippen LogP contribution in [0.3, 0.4) is 0 Å². The first-order valence-electron chi connectivity index (χ1n) is 10.4. The van der Waals surface area contributed by atoms with Crippen molar-refractivity contribution in [2.45, 2.75) is 124 Å². The summed E-state index contributed by atoms with van der Waals surface area (Å²) in [4.78, 5) is 17.6. The van der Waals surface area contributed by atoms with E-state index < -0.39 is 0 Å². The Kier molecular flexibility index (Phi) is 13.7. The smallest absolute Gasteiger partial charge is 0.122 e. The van der Waals surface area contributed by atoms with E-state index in [9.17, 15) is 0 Å². The Balaban J connectivity index is 4.78. The fraction of sp³-hybridized carbons (Fsp3) is 1.00. The van der Waals surface area contributed by atoms with E-state index in [1.54, 1.807) is 0 Å². The molecule has 0 aliphatic rings. The third kappa shape index (κ3) is 11.5. The summed E-state index contributed by atoms with van der Waals surface area (Å²) in [7, 11) is 0. The minimum Gasteiger partial charge on any atom is -0.298 e. The largest absolute Gasteiger partial charge is 0.298 e. The standard InChI is InChI=1S/C20H45N3O3/c1-10-13-14-16(6)24-22-19(23-26-20(8,9)12-3)18(11-2)21-25-17(7)15(4)5/h15-19,21-23H,10-14H2,1-9H3. The average molecular weight is 376 g/mol. The molecule has 0 spiro atoms. The van der Waals surface area contributed by atoms with E-state index in [0.29, 0.717) is 5.92 Å². The first-order chi connectivity index (χ1) is 12.2. The highest BCUT2D eigenvalue weighted by atomic mass is 16.7. The number of hydrogen-bond acceptors (Lipinski definition) is 6. The summed E-state index contributed by atoms with van der Waals surface area (Å²) >= 11 is 0. The molecule has 0 rings (SSSR count). The van der Waals surface area contributed by atoms with E-state index in [0.717, 1.165) is 25.7 Å². The molecule has 0 saturated heterocycles. The lowest BCUT2D eigenvalue weighted by molar-refractivity contribution is -0.160. The van der Waals surface area contributed by atoms with Gasteiger partial charge in [0.25, 0.3) is 0 Å². The normalized spacial score (nSPS) is 17.3. The van der Waals surface area contributed by atoms with Crippen LogP contribution in [0.1, 0.15) is 94.4 Å². The zero-order valence-electron chi connectivity index (χ0n) is 18.6. The minimum atomic E-state index is -0.252. The van der Waals surface area contributed by atoms with Crippen molar-refractivity contribution in [3.8, 4) is 0 Å². The molecule has 4 atom stereocenters. The van der Waals surface area contributed by atoms with E-state index in [2.05, 4.69) is 78.8 Å². The SMILES string of the molecule is CCCCC(C)ONC(NOC(C)(C)CC)C(CC)NOC(C)C(C)C. The van der Waals surface area contributed by atoms with E-state index in [1.807, 2.05) is 0 Å². The highest BCUT2D eigenvalue weighted by Gasteiger charge is 2.26. The number of hydrogen-bond donors (Lipinski definition) is 3. The van der Waals surface area contributed by atoms with Gasteiger partial charge in [0, 0.05) is 0 Å². The highest BCUT2D eigenvalue weighted by Crippen LogP contribution is 2.13. The summed E-state index contributed by atoms with van der Waals surface area (Å²) in [6, 6.07) is 0.00207. The molecule has 0 aliphatic carbocycles. The van der Waals surface area contributed by atoms with Crippen LogP contribution in [-0.4, -0.2) is 30.0 Å². The molecular formula is C20H45N3O3. The first-order valence-corrected chi connectivity index (χ1v) is 10.4. The monoisotopic (exact) mass is 375 g/mol. The van der Waals surface area contributed by atoms with Crippen molar-refractivity contribution in [1.29, 1.82) is 0 Å². The van der Waals surface area contributed by atoms with Crippen LogP contribution in [0.5, 0.6) is 0 Å². The van der Waals surface area contributed by atoms with Gasteiger partial charge in [-0.25, -0.2) is 0 Å². The first kappa shape index (κ1) is 25.8. The molecule has 3 N–H and O–H groups in total. The molecule has 26 heavy (non-hydrogen) atoms. The average Bonchev–Trinajstić information content (AvgIpc) is 2.61. The number of unbranched alkanes of at least 4 members (excludes halogenated alkanes) is 1. The van der Waals surface area contributed by atoms with Gasteiger partial charge in [-0.15, -0.1) is 0 Å². The third-order valence-electron chi connectivity index (χ3n) is 4.86. The summed E-state index contributed by atoms with van der Waals surface area (Å²) in [6.07, 6.45) is 5.17. The number of nitrogens with one attached hydrogen (secondary N) is 3. The lowest BCUT2D eigenvalue weighted by atomic mass is 10.1. The van der Waals surface area contributed by atoms with E-state index >= 15 is 0 Å². The fourth-order valence-electron chi connectivity index (χ4n) is 1.94. The maximum absolute atomic E-state index is 5.90. The topological polar surface area (TPSA) is 63.8 Å². The van der Waals surface area contributed by atoms with Crippen LogP contribution in [0.25, 0.3) is 0 Å². The molecule has 0 amide bonds. The Labute approximate surface area is 162 Å². The van der Waals surface area contributed by atoms with Crippen molar-refractivity contribution in [2.24, 2.45) is 5.92 Å². The molecule has 6 nitrogen and oxygen atoms in total. The molecule has 0 radical (unpaired) electrons. The molecule has 0 bridgehead atoms. The van der Waals surface area contributed by atoms with Crippen LogP contribution in [0.15, 0.2) is 0 Å². The van der Waals surface area contributed by atoms with Crippen LogP contribution in [0, 0.1) is 5.92 Å². The third-order valence-corrected chi connectivity index (χ3v) is 4.86. The van der Waals surface area contributed by atoms with Gasteiger partial charge in [0.2, 0.25) is 0 Å². The molecule has 0 aromatic carbocycles. The summed E-state index contributed by atoms with van der Waals surface area (Å²) in [5.41, 5.74) is 9.23. The van der Waals surface area contributed by atoms with Crippen LogP contribution >= 0.6 is 0 Å². The maximum atomic E-state index is 5.90. The van der Waals surface area contributed by atoms with Crippen molar-refractivity contribution in [1.82, 2.24) is 16.4 Å². The molecule has 0 saturated carbocycles. The Morgan fingerprint density at radius 1 is 0.885 bits per heavy atom. The predicted molar refractivity (Wildman–Crippen MR) is 108 cm³/mol. The van der Waals surface area contributed by atoms with Crippen LogP contribution in [0.2, 0.25) is 0 Å². The summed E-state index contributed by atoms with van der Waals surface area (Å²) < 4.78 is 0. The second-order valence-electron chi connectivity index (χ2n) is 8.20. The molecule has 0 fully saturated rings. The lowest BCUT2D eigenvalue weighted by Gasteiger charge is -2.33. The van der Waals surface area contributed by atoms with Crippen molar-refractivity contribution < 1.29 is 14.5 Å².